The molecule has 1 aromatic rings. The van der Waals surface area contributed by atoms with Crippen LogP contribution in [-0.2, 0) is 16.0 Å². The van der Waals surface area contributed by atoms with Gasteiger partial charge in [0.05, 0.1) is 18.3 Å². The molecule has 0 radical (unpaired) electrons. The molecule has 2 unspecified atom stereocenters. The molecular formula is C15H23N3O4. The lowest BCUT2D eigenvalue weighted by molar-refractivity contribution is -0.144. The van der Waals surface area contributed by atoms with Gasteiger partial charge >= 0.3 is 12.0 Å². The summed E-state index contributed by atoms with van der Waals surface area (Å²) >= 11 is 0. The topological polar surface area (TPSA) is 84.7 Å². The smallest absolute Gasteiger partial charge is 0.328 e. The van der Waals surface area contributed by atoms with E-state index in [4.69, 9.17) is 9.26 Å². The van der Waals surface area contributed by atoms with Crippen molar-refractivity contribution < 1.29 is 18.8 Å². The fourth-order valence-corrected chi connectivity index (χ4v) is 2.55. The first kappa shape index (κ1) is 16.3. The first-order valence-corrected chi connectivity index (χ1v) is 7.76. The van der Waals surface area contributed by atoms with E-state index in [-0.39, 0.29) is 12.1 Å². The van der Waals surface area contributed by atoms with E-state index in [1.165, 1.54) is 0 Å². The number of esters is 1. The van der Waals surface area contributed by atoms with Crippen molar-refractivity contribution in [3.63, 3.8) is 0 Å². The first-order valence-electron chi connectivity index (χ1n) is 7.76. The molecule has 0 bridgehead atoms. The summed E-state index contributed by atoms with van der Waals surface area (Å²) in [5.74, 6) is 0.271. The first-order chi connectivity index (χ1) is 10.6. The monoisotopic (exact) mass is 309 g/mol. The molecule has 1 N–H and O–H groups in total. The maximum absolute atomic E-state index is 12.4. The van der Waals surface area contributed by atoms with Crippen LogP contribution in [0.15, 0.2) is 10.6 Å². The maximum Gasteiger partial charge on any atom is 0.328 e. The van der Waals surface area contributed by atoms with Gasteiger partial charge in [0.1, 0.15) is 6.04 Å². The van der Waals surface area contributed by atoms with E-state index in [1.807, 2.05) is 13.0 Å². The fourth-order valence-electron chi connectivity index (χ4n) is 2.55. The number of ether oxygens (including phenoxy) is 1. The van der Waals surface area contributed by atoms with Crippen molar-refractivity contribution >= 4 is 12.0 Å². The van der Waals surface area contributed by atoms with Crippen LogP contribution < -0.4 is 5.32 Å². The normalized spacial score (nSPS) is 19.0. The molecule has 0 aliphatic carbocycles. The van der Waals surface area contributed by atoms with Crippen molar-refractivity contribution in [3.8, 4) is 0 Å². The Bertz CT molecular complexity index is 529. The Hall–Kier alpha value is -2.05. The van der Waals surface area contributed by atoms with Gasteiger partial charge < -0.3 is 19.5 Å². The maximum atomic E-state index is 12.4. The van der Waals surface area contributed by atoms with E-state index in [9.17, 15) is 9.59 Å². The zero-order chi connectivity index (χ0) is 16.1. The Morgan fingerprint density at radius 2 is 2.32 bits per heavy atom. The average Bonchev–Trinajstić information content (AvgIpc) is 3.15. The van der Waals surface area contributed by atoms with Gasteiger partial charge in [0.2, 0.25) is 0 Å². The number of rotatable bonds is 5. The van der Waals surface area contributed by atoms with Crippen LogP contribution in [0.4, 0.5) is 4.79 Å². The van der Waals surface area contributed by atoms with E-state index in [2.05, 4.69) is 10.5 Å². The minimum atomic E-state index is -0.672. The molecule has 1 fully saturated rings. The number of amides is 2. The van der Waals surface area contributed by atoms with E-state index >= 15 is 0 Å². The second kappa shape index (κ2) is 7.29. The van der Waals surface area contributed by atoms with Crippen LogP contribution in [0, 0.1) is 0 Å². The highest BCUT2D eigenvalue weighted by Gasteiger charge is 2.34. The highest BCUT2D eigenvalue weighted by atomic mass is 16.5. The number of hydrogen-bond donors (Lipinski definition) is 1. The van der Waals surface area contributed by atoms with Gasteiger partial charge in [-0.1, -0.05) is 12.1 Å². The number of nitrogens with one attached hydrogen (secondary N) is 1. The van der Waals surface area contributed by atoms with Crippen LogP contribution in [0.3, 0.4) is 0 Å². The Labute approximate surface area is 130 Å². The molecule has 122 valence electrons. The lowest BCUT2D eigenvalue weighted by Gasteiger charge is -2.24. The van der Waals surface area contributed by atoms with Crippen LogP contribution in [-0.4, -0.2) is 41.3 Å². The largest absolute Gasteiger partial charge is 0.464 e. The molecule has 7 nitrogen and oxygen atoms in total. The minimum absolute atomic E-state index is 0.123. The highest BCUT2D eigenvalue weighted by molar-refractivity contribution is 5.83. The summed E-state index contributed by atoms with van der Waals surface area (Å²) in [5.41, 5.74) is 0.877. The Balaban J connectivity index is 2.00. The van der Waals surface area contributed by atoms with Crippen molar-refractivity contribution in [3.05, 3.63) is 17.5 Å². The molecule has 0 saturated carbocycles. The van der Waals surface area contributed by atoms with Gasteiger partial charge in [-0.05, 0) is 33.1 Å². The SMILES string of the molecule is CCOC(=O)C(C)NC(=O)N1CCCC1c1cc(CC)no1. The minimum Gasteiger partial charge on any atom is -0.464 e. The molecule has 0 aromatic carbocycles. The molecule has 1 aliphatic rings. The number of carbonyl (C=O) groups excluding carboxylic acids is 2. The number of likely N-dealkylation sites (tertiary alicyclic amines) is 1. The summed E-state index contributed by atoms with van der Waals surface area (Å²) in [5, 5.41) is 6.66. The van der Waals surface area contributed by atoms with E-state index in [0.717, 1.165) is 25.0 Å². The highest BCUT2D eigenvalue weighted by Crippen LogP contribution is 2.32. The molecule has 2 atom stereocenters. The number of aryl methyl sites for hydroxylation is 1. The second-order valence-corrected chi connectivity index (χ2v) is 5.35. The number of hydrogen-bond acceptors (Lipinski definition) is 5. The average molecular weight is 309 g/mol. The molecule has 2 amide bonds. The quantitative estimate of drug-likeness (QED) is 0.841. The lowest BCUT2D eigenvalue weighted by atomic mass is 10.1. The summed E-state index contributed by atoms with van der Waals surface area (Å²) in [4.78, 5) is 25.7. The van der Waals surface area contributed by atoms with Crippen molar-refractivity contribution in [2.24, 2.45) is 0 Å². The second-order valence-electron chi connectivity index (χ2n) is 5.35. The number of carbonyl (C=O) groups is 2. The summed E-state index contributed by atoms with van der Waals surface area (Å²) in [6, 6.07) is 0.819. The summed E-state index contributed by atoms with van der Waals surface area (Å²) in [6.07, 6.45) is 2.52. The van der Waals surface area contributed by atoms with Crippen LogP contribution in [0.5, 0.6) is 0 Å². The third-order valence-corrected chi connectivity index (χ3v) is 3.76. The van der Waals surface area contributed by atoms with Crippen molar-refractivity contribution in [1.29, 1.82) is 0 Å². The standard InChI is InChI=1S/C15H23N3O4/c1-4-11-9-13(22-17-11)12-7-6-8-18(12)15(20)16-10(3)14(19)21-5-2/h9-10,12H,4-8H2,1-3H3,(H,16,20). The molecule has 7 heteroatoms. The predicted octanol–water partition coefficient (Wildman–Crippen LogP) is 2.04. The predicted molar refractivity (Wildman–Crippen MR) is 79.2 cm³/mol. The Kier molecular flexibility index (Phi) is 5.41. The van der Waals surface area contributed by atoms with Gasteiger partial charge in [0.25, 0.3) is 0 Å². The fraction of sp³-hybridized carbons (Fsp3) is 0.667. The third-order valence-electron chi connectivity index (χ3n) is 3.76. The van der Waals surface area contributed by atoms with Crippen LogP contribution in [0.1, 0.15) is 51.1 Å². The molecule has 2 rings (SSSR count). The summed E-state index contributed by atoms with van der Waals surface area (Å²) < 4.78 is 10.2. The van der Waals surface area contributed by atoms with Crippen LogP contribution >= 0.6 is 0 Å². The van der Waals surface area contributed by atoms with Gasteiger partial charge in [-0.25, -0.2) is 9.59 Å². The zero-order valence-corrected chi connectivity index (χ0v) is 13.3. The van der Waals surface area contributed by atoms with Crippen molar-refractivity contribution in [2.45, 2.75) is 52.1 Å². The zero-order valence-electron chi connectivity index (χ0n) is 13.3. The summed E-state index contributed by atoms with van der Waals surface area (Å²) in [6.45, 7) is 6.28. The van der Waals surface area contributed by atoms with Gasteiger partial charge in [-0.15, -0.1) is 0 Å². The molecule has 2 heterocycles. The molecule has 0 spiro atoms. The number of aromatic nitrogens is 1. The number of nitrogens with zero attached hydrogens (tertiary/aromatic N) is 2. The number of urea groups is 1. The van der Waals surface area contributed by atoms with Crippen molar-refractivity contribution in [2.75, 3.05) is 13.2 Å². The molecular weight excluding hydrogens is 286 g/mol. The van der Waals surface area contributed by atoms with Gasteiger partial charge in [-0.2, -0.15) is 0 Å². The lowest BCUT2D eigenvalue weighted by Crippen LogP contribution is -2.46. The molecule has 22 heavy (non-hydrogen) atoms. The van der Waals surface area contributed by atoms with Gasteiger partial charge in [-0.3, -0.25) is 0 Å². The van der Waals surface area contributed by atoms with E-state index in [0.29, 0.717) is 18.9 Å². The Morgan fingerprint density at radius 3 is 2.95 bits per heavy atom. The van der Waals surface area contributed by atoms with Crippen LogP contribution in [0.25, 0.3) is 0 Å². The van der Waals surface area contributed by atoms with Crippen LogP contribution in [0.2, 0.25) is 0 Å². The molecule has 1 saturated heterocycles. The van der Waals surface area contributed by atoms with Gasteiger partial charge in [0, 0.05) is 12.6 Å². The Morgan fingerprint density at radius 1 is 1.55 bits per heavy atom. The third kappa shape index (κ3) is 3.58. The van der Waals surface area contributed by atoms with Crippen molar-refractivity contribution in [1.82, 2.24) is 15.4 Å². The molecule has 1 aromatic heterocycles. The van der Waals surface area contributed by atoms with Gasteiger partial charge in [0.15, 0.2) is 5.76 Å². The molecule has 1 aliphatic heterocycles. The van der Waals surface area contributed by atoms with E-state index in [1.54, 1.807) is 18.7 Å². The summed E-state index contributed by atoms with van der Waals surface area (Å²) in [7, 11) is 0. The van der Waals surface area contributed by atoms with E-state index < -0.39 is 12.0 Å².